The average molecular weight is 319 g/mol. The smallest absolute Gasteiger partial charge is 0.310 e. The second-order valence-electron chi connectivity index (χ2n) is 6.37. The summed E-state index contributed by atoms with van der Waals surface area (Å²) in [6.45, 7) is 2.11. The van der Waals surface area contributed by atoms with E-state index in [0.29, 0.717) is 18.4 Å². The maximum atomic E-state index is 12.2. The molecule has 2 aliphatic rings. The van der Waals surface area contributed by atoms with Crippen LogP contribution in [0.15, 0.2) is 0 Å². The highest BCUT2D eigenvalue weighted by Crippen LogP contribution is 2.41. The van der Waals surface area contributed by atoms with Crippen molar-refractivity contribution in [1.29, 1.82) is 0 Å². The number of ether oxygens (including phenoxy) is 1. The Hall–Kier alpha value is -0.810. The van der Waals surface area contributed by atoms with E-state index in [2.05, 4.69) is 10.1 Å². The lowest BCUT2D eigenvalue weighted by atomic mass is 9.65. The molecule has 21 heavy (non-hydrogen) atoms. The Balaban J connectivity index is 0.00000220. The Morgan fingerprint density at radius 1 is 1.29 bits per heavy atom. The second-order valence-corrected chi connectivity index (χ2v) is 6.37. The number of carbonyl (C=O) groups excluding carboxylic acids is 2. The zero-order chi connectivity index (χ0) is 14.7. The minimum Gasteiger partial charge on any atom is -0.469 e. The van der Waals surface area contributed by atoms with E-state index in [1.54, 1.807) is 6.92 Å². The number of amides is 1. The van der Waals surface area contributed by atoms with Crippen molar-refractivity contribution in [2.45, 2.75) is 45.1 Å². The van der Waals surface area contributed by atoms with E-state index in [9.17, 15) is 9.59 Å². The minimum absolute atomic E-state index is 0. The van der Waals surface area contributed by atoms with Crippen LogP contribution < -0.4 is 11.1 Å². The molecule has 1 amide bonds. The summed E-state index contributed by atoms with van der Waals surface area (Å²) in [6, 6.07) is 0.279. The number of carbonyl (C=O) groups is 2. The number of hydrogen-bond donors (Lipinski definition) is 2. The van der Waals surface area contributed by atoms with E-state index in [4.69, 9.17) is 5.73 Å². The number of rotatable bonds is 4. The number of hydrogen-bond acceptors (Lipinski definition) is 4. The van der Waals surface area contributed by atoms with E-state index in [1.807, 2.05) is 0 Å². The highest BCUT2D eigenvalue weighted by atomic mass is 35.5. The molecule has 2 rings (SSSR count). The van der Waals surface area contributed by atoms with Gasteiger partial charge in [0.05, 0.1) is 13.0 Å². The molecule has 0 aromatic rings. The third-order valence-electron chi connectivity index (χ3n) is 4.97. The van der Waals surface area contributed by atoms with Gasteiger partial charge in [0.15, 0.2) is 0 Å². The molecule has 3 atom stereocenters. The van der Waals surface area contributed by atoms with Crippen LogP contribution in [0, 0.1) is 23.7 Å². The van der Waals surface area contributed by atoms with Crippen molar-refractivity contribution in [3.05, 3.63) is 0 Å². The highest BCUT2D eigenvalue weighted by Gasteiger charge is 2.40. The van der Waals surface area contributed by atoms with Gasteiger partial charge >= 0.3 is 5.97 Å². The quantitative estimate of drug-likeness (QED) is 0.769. The Kier molecular flexibility index (Phi) is 6.94. The first kappa shape index (κ1) is 18.2. The summed E-state index contributed by atoms with van der Waals surface area (Å²) in [7, 11) is 1.37. The van der Waals surface area contributed by atoms with Crippen LogP contribution in [0.3, 0.4) is 0 Å². The summed E-state index contributed by atoms with van der Waals surface area (Å²) in [5, 5.41) is 2.89. The Morgan fingerprint density at radius 2 is 1.86 bits per heavy atom. The Morgan fingerprint density at radius 3 is 2.38 bits per heavy atom. The molecule has 0 aromatic carbocycles. The van der Waals surface area contributed by atoms with Crippen molar-refractivity contribution in [3.8, 4) is 0 Å². The summed E-state index contributed by atoms with van der Waals surface area (Å²) in [5.41, 5.74) is 6.23. The van der Waals surface area contributed by atoms with Gasteiger partial charge in [0, 0.05) is 18.5 Å². The molecule has 0 spiro atoms. The first-order valence-electron chi connectivity index (χ1n) is 7.64. The van der Waals surface area contributed by atoms with E-state index < -0.39 is 0 Å². The first-order valence-corrected chi connectivity index (χ1v) is 7.64. The van der Waals surface area contributed by atoms with Gasteiger partial charge in [-0.1, -0.05) is 13.3 Å². The van der Waals surface area contributed by atoms with Gasteiger partial charge in [0.25, 0.3) is 0 Å². The Bertz CT molecular complexity index is 364. The van der Waals surface area contributed by atoms with Gasteiger partial charge in [-0.15, -0.1) is 12.4 Å². The summed E-state index contributed by atoms with van der Waals surface area (Å²) in [5.74, 6) is 0.550. The van der Waals surface area contributed by atoms with Crippen LogP contribution in [0.2, 0.25) is 0 Å². The van der Waals surface area contributed by atoms with Gasteiger partial charge in [-0.2, -0.15) is 0 Å². The molecule has 2 bridgehead atoms. The van der Waals surface area contributed by atoms with Crippen LogP contribution in [0.25, 0.3) is 0 Å². The molecule has 2 saturated carbocycles. The highest BCUT2D eigenvalue weighted by molar-refractivity contribution is 5.85. The van der Waals surface area contributed by atoms with Gasteiger partial charge < -0.3 is 15.8 Å². The summed E-state index contributed by atoms with van der Waals surface area (Å²) < 4.78 is 4.66. The van der Waals surface area contributed by atoms with Gasteiger partial charge in [0.1, 0.15) is 0 Å². The van der Waals surface area contributed by atoms with Crippen molar-refractivity contribution in [2.24, 2.45) is 29.4 Å². The van der Waals surface area contributed by atoms with Gasteiger partial charge in [-0.3, -0.25) is 9.59 Å². The standard InChI is InChI=1S/C15H26N2O3.ClH/c1-9(15(19)20-2)8-17-14(18)12-6-10-4-3-5-11(7-12)13(10)16;/h9-13H,3-8,16H2,1-2H3,(H,17,18);1H. The lowest BCUT2D eigenvalue weighted by Crippen LogP contribution is -2.49. The third kappa shape index (κ3) is 4.33. The monoisotopic (exact) mass is 318 g/mol. The zero-order valence-electron chi connectivity index (χ0n) is 12.8. The van der Waals surface area contributed by atoms with E-state index >= 15 is 0 Å². The first-order chi connectivity index (χ1) is 9.52. The van der Waals surface area contributed by atoms with Crippen LogP contribution in [0.4, 0.5) is 0 Å². The van der Waals surface area contributed by atoms with E-state index in [-0.39, 0.29) is 42.2 Å². The van der Waals surface area contributed by atoms with Crippen molar-refractivity contribution in [3.63, 3.8) is 0 Å². The molecule has 3 N–H and O–H groups in total. The fourth-order valence-electron chi connectivity index (χ4n) is 3.69. The van der Waals surface area contributed by atoms with Crippen molar-refractivity contribution in [1.82, 2.24) is 5.32 Å². The fourth-order valence-corrected chi connectivity index (χ4v) is 3.69. The van der Waals surface area contributed by atoms with E-state index in [1.165, 1.54) is 13.5 Å². The molecule has 2 fully saturated rings. The molecule has 0 saturated heterocycles. The molecule has 2 aliphatic carbocycles. The largest absolute Gasteiger partial charge is 0.469 e. The number of esters is 1. The molecule has 0 radical (unpaired) electrons. The number of halogens is 1. The molecule has 0 heterocycles. The van der Waals surface area contributed by atoms with Crippen LogP contribution in [0.1, 0.15) is 39.0 Å². The normalized spacial score (nSPS) is 32.5. The van der Waals surface area contributed by atoms with Crippen LogP contribution >= 0.6 is 12.4 Å². The second kappa shape index (κ2) is 7.99. The molecular weight excluding hydrogens is 292 g/mol. The molecule has 0 aromatic heterocycles. The predicted molar refractivity (Wildman–Crippen MR) is 83.0 cm³/mol. The summed E-state index contributed by atoms with van der Waals surface area (Å²) >= 11 is 0. The van der Waals surface area contributed by atoms with Gasteiger partial charge in [0.2, 0.25) is 5.91 Å². The number of fused-ring (bicyclic) bond motifs is 2. The summed E-state index contributed by atoms with van der Waals surface area (Å²) in [4.78, 5) is 23.6. The van der Waals surface area contributed by atoms with Crippen LogP contribution in [-0.2, 0) is 14.3 Å². The van der Waals surface area contributed by atoms with Gasteiger partial charge in [-0.25, -0.2) is 0 Å². The number of methoxy groups -OCH3 is 1. The molecule has 122 valence electrons. The predicted octanol–water partition coefficient (Wildman–Crippen LogP) is 1.49. The SMILES string of the molecule is COC(=O)C(C)CNC(=O)C1CC2CCCC(C1)C2N.Cl. The zero-order valence-corrected chi connectivity index (χ0v) is 13.7. The van der Waals surface area contributed by atoms with Crippen molar-refractivity contribution >= 4 is 24.3 Å². The van der Waals surface area contributed by atoms with Crippen LogP contribution in [0.5, 0.6) is 0 Å². The molecule has 5 nitrogen and oxygen atoms in total. The van der Waals surface area contributed by atoms with Crippen LogP contribution in [-0.4, -0.2) is 31.6 Å². The molecule has 6 heteroatoms. The third-order valence-corrected chi connectivity index (χ3v) is 4.97. The van der Waals surface area contributed by atoms with Crippen molar-refractivity contribution < 1.29 is 14.3 Å². The average Bonchev–Trinajstić information content (AvgIpc) is 2.43. The maximum absolute atomic E-state index is 12.2. The minimum atomic E-state index is -0.297. The number of nitrogens with one attached hydrogen (secondary N) is 1. The molecular formula is C15H27ClN2O3. The van der Waals surface area contributed by atoms with Crippen molar-refractivity contribution in [2.75, 3.05) is 13.7 Å². The number of nitrogens with two attached hydrogens (primary N) is 1. The lowest BCUT2D eigenvalue weighted by molar-refractivity contribution is -0.144. The molecule has 0 aliphatic heterocycles. The topological polar surface area (TPSA) is 81.4 Å². The summed E-state index contributed by atoms with van der Waals surface area (Å²) in [6.07, 6.45) is 5.35. The maximum Gasteiger partial charge on any atom is 0.310 e. The lowest BCUT2D eigenvalue weighted by Gasteiger charge is -2.43. The molecule has 3 unspecified atom stereocenters. The van der Waals surface area contributed by atoms with E-state index in [0.717, 1.165) is 25.7 Å². The Labute approximate surface area is 132 Å². The fraction of sp³-hybridized carbons (Fsp3) is 0.867. The van der Waals surface area contributed by atoms with Gasteiger partial charge in [-0.05, 0) is 37.5 Å².